The lowest BCUT2D eigenvalue weighted by Crippen LogP contribution is -2.36. The van der Waals surface area contributed by atoms with E-state index in [2.05, 4.69) is 63.8 Å². The van der Waals surface area contributed by atoms with E-state index in [9.17, 15) is 4.79 Å². The highest BCUT2D eigenvalue weighted by atomic mass is 16.5. The number of hydrogen-bond acceptors (Lipinski definition) is 6. The number of aromatic nitrogens is 1. The second-order valence-corrected chi connectivity index (χ2v) is 7.59. The number of nitrogens with two attached hydrogens (primary N) is 1. The number of anilines is 4. The Bertz CT molecular complexity index is 1030. The summed E-state index contributed by atoms with van der Waals surface area (Å²) < 4.78 is 5.41. The summed E-state index contributed by atoms with van der Waals surface area (Å²) in [5.41, 5.74) is 11.0. The highest BCUT2D eigenvalue weighted by Crippen LogP contribution is 2.24. The molecule has 2 heterocycles. The number of carbonyl (C=O) groups excluding carboxylic acids is 1. The molecule has 0 spiro atoms. The van der Waals surface area contributed by atoms with E-state index in [4.69, 9.17) is 10.5 Å². The van der Waals surface area contributed by atoms with Crippen LogP contribution in [0.3, 0.4) is 0 Å². The maximum Gasteiger partial charge on any atom is 0.252 e. The number of nitrogens with zero attached hydrogens (tertiary/aromatic N) is 2. The minimum atomic E-state index is -0.514. The fourth-order valence-corrected chi connectivity index (χ4v) is 3.49. The van der Waals surface area contributed by atoms with Crippen LogP contribution in [0, 0.1) is 6.92 Å². The zero-order valence-electron chi connectivity index (χ0n) is 17.6. The molecule has 7 heteroatoms. The number of pyridine rings is 1. The Kier molecular flexibility index (Phi) is 6.33. The van der Waals surface area contributed by atoms with Crippen molar-refractivity contribution in [2.75, 3.05) is 41.8 Å². The molecule has 1 fully saturated rings. The molecule has 3 aromatic rings. The van der Waals surface area contributed by atoms with Crippen molar-refractivity contribution >= 4 is 28.8 Å². The van der Waals surface area contributed by atoms with E-state index in [1.54, 1.807) is 0 Å². The molecule has 31 heavy (non-hydrogen) atoms. The first kappa shape index (κ1) is 20.7. The smallest absolute Gasteiger partial charge is 0.252 e. The van der Waals surface area contributed by atoms with Crippen LogP contribution in [0.5, 0.6) is 0 Å². The SMILES string of the molecule is Cc1ccc(CNc2cc(Nc3ccc(N4CCOCC4)cc3)ncc2C(N)=O)cc1. The largest absolute Gasteiger partial charge is 0.380 e. The molecule has 1 saturated heterocycles. The van der Waals surface area contributed by atoms with E-state index in [1.807, 2.05) is 18.2 Å². The van der Waals surface area contributed by atoms with E-state index >= 15 is 0 Å². The van der Waals surface area contributed by atoms with Crippen LogP contribution in [0.1, 0.15) is 21.5 Å². The summed E-state index contributed by atoms with van der Waals surface area (Å²) in [5.74, 6) is 0.121. The van der Waals surface area contributed by atoms with Crippen LogP contribution in [0.4, 0.5) is 22.9 Å². The third-order valence-electron chi connectivity index (χ3n) is 5.29. The fourth-order valence-electron chi connectivity index (χ4n) is 3.49. The van der Waals surface area contributed by atoms with Crippen LogP contribution in [-0.4, -0.2) is 37.2 Å². The number of morpholine rings is 1. The Labute approximate surface area is 182 Å². The number of primary amides is 1. The Morgan fingerprint density at radius 2 is 1.81 bits per heavy atom. The van der Waals surface area contributed by atoms with Gasteiger partial charge in [-0.3, -0.25) is 4.79 Å². The third-order valence-corrected chi connectivity index (χ3v) is 5.29. The minimum absolute atomic E-state index is 0.361. The Morgan fingerprint density at radius 3 is 2.48 bits per heavy atom. The number of amides is 1. The summed E-state index contributed by atoms with van der Waals surface area (Å²) in [6.07, 6.45) is 1.50. The van der Waals surface area contributed by atoms with Gasteiger partial charge in [0.15, 0.2) is 0 Å². The van der Waals surface area contributed by atoms with Gasteiger partial charge in [0.25, 0.3) is 5.91 Å². The lowest BCUT2D eigenvalue weighted by atomic mass is 10.1. The van der Waals surface area contributed by atoms with Crippen LogP contribution in [0.2, 0.25) is 0 Å². The molecule has 4 N–H and O–H groups in total. The molecule has 0 aliphatic carbocycles. The lowest BCUT2D eigenvalue weighted by Gasteiger charge is -2.28. The van der Waals surface area contributed by atoms with E-state index < -0.39 is 5.91 Å². The van der Waals surface area contributed by atoms with Crippen LogP contribution in [-0.2, 0) is 11.3 Å². The van der Waals surface area contributed by atoms with Crippen molar-refractivity contribution < 1.29 is 9.53 Å². The Morgan fingerprint density at radius 1 is 1.10 bits per heavy atom. The van der Waals surface area contributed by atoms with Crippen molar-refractivity contribution in [3.05, 3.63) is 77.5 Å². The topological polar surface area (TPSA) is 92.5 Å². The molecular formula is C24H27N5O2. The summed E-state index contributed by atoms with van der Waals surface area (Å²) in [7, 11) is 0. The molecular weight excluding hydrogens is 390 g/mol. The highest BCUT2D eigenvalue weighted by Gasteiger charge is 2.12. The third kappa shape index (κ3) is 5.32. The molecule has 1 amide bonds. The summed E-state index contributed by atoms with van der Waals surface area (Å²) in [6.45, 7) is 5.95. The van der Waals surface area contributed by atoms with Gasteiger partial charge >= 0.3 is 0 Å². The van der Waals surface area contributed by atoms with Gasteiger partial charge in [0.05, 0.1) is 24.5 Å². The van der Waals surface area contributed by atoms with Crippen molar-refractivity contribution in [3.63, 3.8) is 0 Å². The minimum Gasteiger partial charge on any atom is -0.380 e. The molecule has 4 rings (SSSR count). The number of ether oxygens (including phenoxy) is 1. The summed E-state index contributed by atoms with van der Waals surface area (Å²) in [6, 6.07) is 18.3. The van der Waals surface area contributed by atoms with Crippen molar-refractivity contribution in [1.29, 1.82) is 0 Å². The van der Waals surface area contributed by atoms with Crippen LogP contribution in [0.25, 0.3) is 0 Å². The maximum atomic E-state index is 11.8. The molecule has 0 unspecified atom stereocenters. The van der Waals surface area contributed by atoms with Crippen LogP contribution >= 0.6 is 0 Å². The molecule has 0 radical (unpaired) electrons. The van der Waals surface area contributed by atoms with Gasteiger partial charge in [-0.2, -0.15) is 0 Å². The van der Waals surface area contributed by atoms with E-state index in [0.29, 0.717) is 23.6 Å². The molecule has 1 aliphatic rings. The highest BCUT2D eigenvalue weighted by molar-refractivity contribution is 5.98. The molecule has 2 aromatic carbocycles. The second kappa shape index (κ2) is 9.49. The average Bonchev–Trinajstić information content (AvgIpc) is 2.80. The zero-order chi connectivity index (χ0) is 21.6. The summed E-state index contributed by atoms with van der Waals surface area (Å²) in [5, 5.41) is 6.61. The monoisotopic (exact) mass is 417 g/mol. The van der Waals surface area contributed by atoms with E-state index in [0.717, 1.165) is 37.6 Å². The first-order valence-electron chi connectivity index (χ1n) is 10.4. The van der Waals surface area contributed by atoms with Crippen molar-refractivity contribution in [1.82, 2.24) is 4.98 Å². The van der Waals surface area contributed by atoms with Gasteiger partial charge in [0.2, 0.25) is 0 Å². The normalized spacial score (nSPS) is 13.6. The Hall–Kier alpha value is -3.58. The van der Waals surface area contributed by atoms with Crippen molar-refractivity contribution in [2.24, 2.45) is 5.73 Å². The first-order chi connectivity index (χ1) is 15.1. The summed E-state index contributed by atoms with van der Waals surface area (Å²) >= 11 is 0. The Balaban J connectivity index is 1.47. The van der Waals surface area contributed by atoms with Gasteiger partial charge in [-0.05, 0) is 36.8 Å². The van der Waals surface area contributed by atoms with Gasteiger partial charge in [0, 0.05) is 43.3 Å². The van der Waals surface area contributed by atoms with Gasteiger partial charge in [0.1, 0.15) is 5.82 Å². The number of rotatable bonds is 7. The molecule has 160 valence electrons. The number of carbonyl (C=O) groups is 1. The standard InChI is InChI=1S/C24H27N5O2/c1-17-2-4-18(5-3-17)15-26-22-14-23(27-16-21(22)24(25)30)28-19-6-8-20(9-7-19)29-10-12-31-13-11-29/h2-9,14,16H,10-13,15H2,1H3,(H2,25,30)(H2,26,27,28). The van der Waals surface area contributed by atoms with Gasteiger partial charge < -0.3 is 26.0 Å². The fraction of sp³-hybridized carbons (Fsp3) is 0.250. The molecule has 1 aromatic heterocycles. The molecule has 7 nitrogen and oxygen atoms in total. The van der Waals surface area contributed by atoms with Crippen molar-refractivity contribution in [2.45, 2.75) is 13.5 Å². The van der Waals surface area contributed by atoms with E-state index in [-0.39, 0.29) is 0 Å². The van der Waals surface area contributed by atoms with Crippen molar-refractivity contribution in [3.8, 4) is 0 Å². The number of nitrogens with one attached hydrogen (secondary N) is 2. The molecule has 0 atom stereocenters. The number of hydrogen-bond donors (Lipinski definition) is 3. The molecule has 0 bridgehead atoms. The second-order valence-electron chi connectivity index (χ2n) is 7.59. The first-order valence-corrected chi connectivity index (χ1v) is 10.4. The summed E-state index contributed by atoms with van der Waals surface area (Å²) in [4.78, 5) is 18.5. The van der Waals surface area contributed by atoms with Gasteiger partial charge in [-0.1, -0.05) is 29.8 Å². The molecule has 0 saturated carbocycles. The maximum absolute atomic E-state index is 11.8. The van der Waals surface area contributed by atoms with Crippen LogP contribution < -0.4 is 21.3 Å². The predicted octanol–water partition coefficient (Wildman–Crippen LogP) is 3.68. The average molecular weight is 418 g/mol. The van der Waals surface area contributed by atoms with Gasteiger partial charge in [-0.25, -0.2) is 4.98 Å². The molecule has 1 aliphatic heterocycles. The lowest BCUT2D eigenvalue weighted by molar-refractivity contribution is 0.100. The number of aryl methyl sites for hydroxylation is 1. The predicted molar refractivity (Wildman–Crippen MR) is 124 cm³/mol. The number of benzene rings is 2. The van der Waals surface area contributed by atoms with E-state index in [1.165, 1.54) is 17.4 Å². The van der Waals surface area contributed by atoms with Crippen LogP contribution in [0.15, 0.2) is 60.8 Å². The zero-order valence-corrected chi connectivity index (χ0v) is 17.6. The van der Waals surface area contributed by atoms with Gasteiger partial charge in [-0.15, -0.1) is 0 Å². The quantitative estimate of drug-likeness (QED) is 0.543.